The van der Waals surface area contributed by atoms with E-state index in [-0.39, 0.29) is 5.92 Å². The summed E-state index contributed by atoms with van der Waals surface area (Å²) in [5.74, 6) is -0.265. The topological polar surface area (TPSA) is 55.1 Å². The number of hydrogen-bond donors (Lipinski definition) is 2. The third kappa shape index (κ3) is 3.96. The SMILES string of the molecule is C/C=C(\NCC(c1ccccc1)c1ccccc1)C(N)=O. The van der Waals surface area contributed by atoms with E-state index < -0.39 is 5.91 Å². The van der Waals surface area contributed by atoms with Crippen LogP contribution in [0.5, 0.6) is 0 Å². The maximum absolute atomic E-state index is 11.3. The summed E-state index contributed by atoms with van der Waals surface area (Å²) in [4.78, 5) is 11.3. The number of hydrogen-bond acceptors (Lipinski definition) is 2. The van der Waals surface area contributed by atoms with Crippen molar-refractivity contribution in [1.82, 2.24) is 5.32 Å². The molecule has 0 aliphatic carbocycles. The predicted molar refractivity (Wildman–Crippen MR) is 85.7 cm³/mol. The molecule has 108 valence electrons. The van der Waals surface area contributed by atoms with Crippen LogP contribution in [0.4, 0.5) is 0 Å². The molecule has 0 aliphatic heterocycles. The van der Waals surface area contributed by atoms with Crippen LogP contribution in [-0.2, 0) is 4.79 Å². The van der Waals surface area contributed by atoms with Crippen LogP contribution < -0.4 is 11.1 Å². The number of carbonyl (C=O) groups excluding carboxylic acids is 1. The van der Waals surface area contributed by atoms with Gasteiger partial charge in [0.2, 0.25) is 0 Å². The molecule has 0 radical (unpaired) electrons. The molecule has 1 amide bonds. The highest BCUT2D eigenvalue weighted by Gasteiger charge is 2.14. The summed E-state index contributed by atoms with van der Waals surface area (Å²) < 4.78 is 0. The quantitative estimate of drug-likeness (QED) is 0.799. The van der Waals surface area contributed by atoms with E-state index in [0.717, 1.165) is 0 Å². The maximum atomic E-state index is 11.3. The highest BCUT2D eigenvalue weighted by atomic mass is 16.1. The summed E-state index contributed by atoms with van der Waals surface area (Å²) >= 11 is 0. The highest BCUT2D eigenvalue weighted by molar-refractivity contribution is 5.91. The van der Waals surface area contributed by atoms with Crippen LogP contribution in [0.3, 0.4) is 0 Å². The summed E-state index contributed by atoms with van der Waals surface area (Å²) in [6.07, 6.45) is 1.70. The molecule has 0 spiro atoms. The lowest BCUT2D eigenvalue weighted by molar-refractivity contribution is -0.114. The van der Waals surface area contributed by atoms with Gasteiger partial charge < -0.3 is 11.1 Å². The first kappa shape index (κ1) is 14.9. The summed E-state index contributed by atoms with van der Waals surface area (Å²) in [5.41, 5.74) is 8.20. The maximum Gasteiger partial charge on any atom is 0.264 e. The number of primary amides is 1. The normalized spacial score (nSPS) is 11.4. The van der Waals surface area contributed by atoms with E-state index >= 15 is 0 Å². The van der Waals surface area contributed by atoms with Gasteiger partial charge in [-0.1, -0.05) is 66.7 Å². The number of allylic oxidation sites excluding steroid dienone is 1. The average Bonchev–Trinajstić information content (AvgIpc) is 2.53. The standard InChI is InChI=1S/C18H20N2O/c1-2-17(18(19)21)20-13-16(14-9-5-3-6-10-14)15-11-7-4-8-12-15/h2-12,16,20H,13H2,1H3,(H2,19,21)/b17-2-. The van der Waals surface area contributed by atoms with E-state index in [1.165, 1.54) is 11.1 Å². The van der Waals surface area contributed by atoms with Gasteiger partial charge in [0.25, 0.3) is 5.91 Å². The number of nitrogens with two attached hydrogens (primary N) is 1. The highest BCUT2D eigenvalue weighted by Crippen LogP contribution is 2.23. The van der Waals surface area contributed by atoms with Gasteiger partial charge in [-0.2, -0.15) is 0 Å². The third-order valence-electron chi connectivity index (χ3n) is 3.45. The van der Waals surface area contributed by atoms with Crippen molar-refractivity contribution < 1.29 is 4.79 Å². The van der Waals surface area contributed by atoms with Crippen molar-refractivity contribution in [3.8, 4) is 0 Å². The van der Waals surface area contributed by atoms with Gasteiger partial charge >= 0.3 is 0 Å². The molecule has 0 heterocycles. The number of amides is 1. The van der Waals surface area contributed by atoms with Gasteiger partial charge in [0.15, 0.2) is 0 Å². The van der Waals surface area contributed by atoms with E-state index in [0.29, 0.717) is 12.2 Å². The summed E-state index contributed by atoms with van der Waals surface area (Å²) in [6, 6.07) is 20.5. The molecule has 3 N–H and O–H groups in total. The molecule has 0 aromatic heterocycles. The molecule has 0 aliphatic rings. The molecule has 0 saturated carbocycles. The van der Waals surface area contributed by atoms with Crippen LogP contribution in [-0.4, -0.2) is 12.5 Å². The first-order valence-corrected chi connectivity index (χ1v) is 7.02. The Balaban J connectivity index is 2.24. The molecular weight excluding hydrogens is 260 g/mol. The molecule has 0 bridgehead atoms. The Kier molecular flexibility index (Phi) is 5.16. The first-order valence-electron chi connectivity index (χ1n) is 7.02. The zero-order valence-corrected chi connectivity index (χ0v) is 12.1. The van der Waals surface area contributed by atoms with Crippen molar-refractivity contribution in [2.75, 3.05) is 6.54 Å². The lowest BCUT2D eigenvalue weighted by Gasteiger charge is -2.19. The zero-order chi connectivity index (χ0) is 15.1. The van der Waals surface area contributed by atoms with E-state index in [1.807, 2.05) is 36.4 Å². The van der Waals surface area contributed by atoms with Crippen molar-refractivity contribution >= 4 is 5.91 Å². The second kappa shape index (κ2) is 7.29. The van der Waals surface area contributed by atoms with Crippen LogP contribution in [0.1, 0.15) is 24.0 Å². The molecule has 2 aromatic carbocycles. The average molecular weight is 280 g/mol. The van der Waals surface area contributed by atoms with Crippen LogP contribution in [0, 0.1) is 0 Å². The van der Waals surface area contributed by atoms with Gasteiger partial charge in [-0.3, -0.25) is 4.79 Å². The fourth-order valence-electron chi connectivity index (χ4n) is 2.34. The molecule has 3 nitrogen and oxygen atoms in total. The Bertz CT molecular complexity index is 566. The van der Waals surface area contributed by atoms with Crippen molar-refractivity contribution in [1.29, 1.82) is 0 Å². The monoisotopic (exact) mass is 280 g/mol. The lowest BCUT2D eigenvalue weighted by atomic mass is 9.91. The summed E-state index contributed by atoms with van der Waals surface area (Å²) in [5, 5.41) is 3.15. The molecule has 2 aromatic rings. The largest absolute Gasteiger partial charge is 0.380 e. The number of rotatable bonds is 6. The van der Waals surface area contributed by atoms with Crippen LogP contribution in [0.25, 0.3) is 0 Å². The first-order chi connectivity index (χ1) is 10.2. The molecule has 3 heteroatoms. The molecule has 0 fully saturated rings. The van der Waals surface area contributed by atoms with Gasteiger partial charge in [0.05, 0.1) is 5.70 Å². The zero-order valence-electron chi connectivity index (χ0n) is 12.1. The smallest absolute Gasteiger partial charge is 0.264 e. The van der Waals surface area contributed by atoms with Crippen molar-refractivity contribution in [3.05, 3.63) is 83.6 Å². The van der Waals surface area contributed by atoms with E-state index in [2.05, 4.69) is 29.6 Å². The van der Waals surface area contributed by atoms with Gasteiger partial charge in [-0.15, -0.1) is 0 Å². The number of carbonyl (C=O) groups is 1. The molecular formula is C18H20N2O. The number of benzene rings is 2. The summed E-state index contributed by atoms with van der Waals surface area (Å²) in [7, 11) is 0. The Morgan fingerprint density at radius 2 is 1.52 bits per heavy atom. The lowest BCUT2D eigenvalue weighted by Crippen LogP contribution is -2.29. The van der Waals surface area contributed by atoms with Gasteiger partial charge in [0, 0.05) is 12.5 Å². The van der Waals surface area contributed by atoms with Gasteiger partial charge in [0.1, 0.15) is 0 Å². The molecule has 0 saturated heterocycles. The molecule has 0 unspecified atom stereocenters. The Hall–Kier alpha value is -2.55. The minimum absolute atomic E-state index is 0.168. The van der Waals surface area contributed by atoms with Crippen LogP contribution in [0.15, 0.2) is 72.4 Å². The third-order valence-corrected chi connectivity index (χ3v) is 3.45. The van der Waals surface area contributed by atoms with Crippen molar-refractivity contribution in [3.63, 3.8) is 0 Å². The number of nitrogens with one attached hydrogen (secondary N) is 1. The molecule has 21 heavy (non-hydrogen) atoms. The van der Waals surface area contributed by atoms with Crippen molar-refractivity contribution in [2.45, 2.75) is 12.8 Å². The van der Waals surface area contributed by atoms with E-state index in [9.17, 15) is 4.79 Å². The van der Waals surface area contributed by atoms with Gasteiger partial charge in [-0.25, -0.2) is 0 Å². The second-order valence-corrected chi connectivity index (χ2v) is 4.82. The second-order valence-electron chi connectivity index (χ2n) is 4.82. The Labute approximate surface area is 125 Å². The minimum atomic E-state index is -0.433. The van der Waals surface area contributed by atoms with E-state index in [4.69, 9.17) is 5.73 Å². The minimum Gasteiger partial charge on any atom is -0.380 e. The van der Waals surface area contributed by atoms with E-state index in [1.54, 1.807) is 13.0 Å². The van der Waals surface area contributed by atoms with Crippen LogP contribution in [0.2, 0.25) is 0 Å². The van der Waals surface area contributed by atoms with Crippen molar-refractivity contribution in [2.24, 2.45) is 5.73 Å². The predicted octanol–water partition coefficient (Wildman–Crippen LogP) is 2.80. The van der Waals surface area contributed by atoms with Gasteiger partial charge in [-0.05, 0) is 18.1 Å². The Morgan fingerprint density at radius 3 is 1.90 bits per heavy atom. The molecule has 0 atom stereocenters. The molecule has 2 rings (SSSR count). The fraction of sp³-hybridized carbons (Fsp3) is 0.167. The fourth-order valence-corrected chi connectivity index (χ4v) is 2.34. The summed E-state index contributed by atoms with van der Waals surface area (Å²) in [6.45, 7) is 2.42. The van der Waals surface area contributed by atoms with Crippen LogP contribution >= 0.6 is 0 Å². The Morgan fingerprint density at radius 1 is 1.05 bits per heavy atom.